The van der Waals surface area contributed by atoms with Crippen LogP contribution in [0, 0.1) is 6.92 Å². The summed E-state index contributed by atoms with van der Waals surface area (Å²) in [6, 6.07) is 1.63. The Morgan fingerprint density at radius 1 is 1.22 bits per heavy atom. The summed E-state index contributed by atoms with van der Waals surface area (Å²) in [6.45, 7) is 5.79. The van der Waals surface area contributed by atoms with Gasteiger partial charge in [0, 0.05) is 39.2 Å². The summed E-state index contributed by atoms with van der Waals surface area (Å²) in [6.07, 6.45) is 0.790. The van der Waals surface area contributed by atoms with Gasteiger partial charge in [0.1, 0.15) is 0 Å². The Morgan fingerprint density at radius 3 is 2.50 bits per heavy atom. The first kappa shape index (κ1) is 12.6. The molecule has 1 saturated heterocycles. The van der Waals surface area contributed by atoms with Gasteiger partial charge in [-0.25, -0.2) is 0 Å². The number of carbonyl (C=O) groups is 2. The van der Waals surface area contributed by atoms with Crippen LogP contribution in [-0.4, -0.2) is 52.9 Å². The summed E-state index contributed by atoms with van der Waals surface area (Å²) < 4.78 is 4.97. The van der Waals surface area contributed by atoms with Gasteiger partial charge in [-0.1, -0.05) is 5.16 Å². The molecule has 18 heavy (non-hydrogen) atoms. The van der Waals surface area contributed by atoms with Gasteiger partial charge in [0.05, 0.1) is 5.69 Å². The summed E-state index contributed by atoms with van der Waals surface area (Å²) >= 11 is 0. The highest BCUT2D eigenvalue weighted by molar-refractivity contribution is 5.91. The van der Waals surface area contributed by atoms with Crippen molar-refractivity contribution in [1.29, 1.82) is 0 Å². The molecule has 2 rings (SSSR count). The smallest absolute Gasteiger partial charge is 0.292 e. The summed E-state index contributed by atoms with van der Waals surface area (Å²) in [7, 11) is 0. The zero-order valence-electron chi connectivity index (χ0n) is 10.7. The van der Waals surface area contributed by atoms with E-state index in [1.165, 1.54) is 0 Å². The molecule has 6 nitrogen and oxygen atoms in total. The number of nitrogens with zero attached hydrogens (tertiary/aromatic N) is 3. The number of rotatable bonds is 1. The standard InChI is InChI=1S/C12H17N3O3/c1-9-8-11(18-13-9)12(17)15-5-3-4-14(6-7-15)10(2)16/h8H,3-7H2,1-2H3. The first-order chi connectivity index (χ1) is 8.58. The zero-order chi connectivity index (χ0) is 13.1. The largest absolute Gasteiger partial charge is 0.351 e. The van der Waals surface area contributed by atoms with Gasteiger partial charge in [-0.15, -0.1) is 0 Å². The lowest BCUT2D eigenvalue weighted by atomic mass is 10.3. The fraction of sp³-hybridized carbons (Fsp3) is 0.583. The molecule has 1 aromatic rings. The van der Waals surface area contributed by atoms with Crippen LogP contribution in [0.1, 0.15) is 29.6 Å². The predicted octanol–water partition coefficient (Wildman–Crippen LogP) is 0.677. The van der Waals surface area contributed by atoms with E-state index in [1.54, 1.807) is 29.7 Å². The summed E-state index contributed by atoms with van der Waals surface area (Å²) in [5.74, 6) is 0.171. The van der Waals surface area contributed by atoms with Gasteiger partial charge in [-0.05, 0) is 13.3 Å². The van der Waals surface area contributed by atoms with Gasteiger partial charge in [-0.2, -0.15) is 0 Å². The molecule has 2 amide bonds. The summed E-state index contributed by atoms with van der Waals surface area (Å²) in [5, 5.41) is 3.71. The second-order valence-corrected chi connectivity index (χ2v) is 4.48. The highest BCUT2D eigenvalue weighted by Crippen LogP contribution is 2.10. The molecule has 1 aliphatic rings. The van der Waals surface area contributed by atoms with E-state index in [9.17, 15) is 9.59 Å². The van der Waals surface area contributed by atoms with Crippen molar-refractivity contribution >= 4 is 11.8 Å². The first-order valence-corrected chi connectivity index (χ1v) is 6.06. The van der Waals surface area contributed by atoms with Crippen LogP contribution in [-0.2, 0) is 4.79 Å². The summed E-state index contributed by atoms with van der Waals surface area (Å²) in [4.78, 5) is 26.9. The minimum atomic E-state index is -0.152. The van der Waals surface area contributed by atoms with E-state index in [4.69, 9.17) is 4.52 Å². The zero-order valence-corrected chi connectivity index (χ0v) is 10.7. The molecule has 1 aliphatic heterocycles. The molecule has 0 aliphatic carbocycles. The van der Waals surface area contributed by atoms with E-state index in [2.05, 4.69) is 5.16 Å². The average molecular weight is 251 g/mol. The molecule has 0 unspecified atom stereocenters. The van der Waals surface area contributed by atoms with Crippen molar-refractivity contribution in [1.82, 2.24) is 15.0 Å². The topological polar surface area (TPSA) is 66.7 Å². The van der Waals surface area contributed by atoms with Crippen molar-refractivity contribution in [2.75, 3.05) is 26.2 Å². The number of hydrogen-bond acceptors (Lipinski definition) is 4. The van der Waals surface area contributed by atoms with Crippen molar-refractivity contribution in [3.8, 4) is 0 Å². The van der Waals surface area contributed by atoms with Crippen molar-refractivity contribution in [3.05, 3.63) is 17.5 Å². The van der Waals surface area contributed by atoms with Gasteiger partial charge < -0.3 is 14.3 Å². The fourth-order valence-electron chi connectivity index (χ4n) is 2.06. The molecule has 98 valence electrons. The van der Waals surface area contributed by atoms with E-state index in [1.807, 2.05) is 0 Å². The Morgan fingerprint density at radius 2 is 1.89 bits per heavy atom. The number of hydrogen-bond donors (Lipinski definition) is 0. The van der Waals surface area contributed by atoms with Crippen LogP contribution in [0.5, 0.6) is 0 Å². The molecule has 1 fully saturated rings. The molecule has 0 aromatic carbocycles. The lowest BCUT2D eigenvalue weighted by Crippen LogP contribution is -2.36. The molecular weight excluding hydrogens is 234 g/mol. The van der Waals surface area contributed by atoms with E-state index in [0.29, 0.717) is 31.9 Å². The molecule has 0 bridgehead atoms. The highest BCUT2D eigenvalue weighted by Gasteiger charge is 2.23. The predicted molar refractivity (Wildman–Crippen MR) is 64.0 cm³/mol. The van der Waals surface area contributed by atoms with Gasteiger partial charge >= 0.3 is 0 Å². The maximum Gasteiger partial charge on any atom is 0.292 e. The maximum absolute atomic E-state index is 12.1. The minimum Gasteiger partial charge on any atom is -0.351 e. The Balaban J connectivity index is 2.02. The van der Waals surface area contributed by atoms with Gasteiger partial charge in [0.15, 0.2) is 0 Å². The third-order valence-electron chi connectivity index (χ3n) is 3.07. The third-order valence-corrected chi connectivity index (χ3v) is 3.07. The van der Waals surface area contributed by atoms with E-state index < -0.39 is 0 Å². The molecule has 0 N–H and O–H groups in total. The second-order valence-electron chi connectivity index (χ2n) is 4.48. The SMILES string of the molecule is CC(=O)N1CCCN(C(=O)c2cc(C)no2)CC1. The number of amides is 2. The Labute approximate surface area is 106 Å². The maximum atomic E-state index is 12.1. The van der Waals surface area contributed by atoms with Crippen LogP contribution < -0.4 is 0 Å². The van der Waals surface area contributed by atoms with Crippen LogP contribution in [0.2, 0.25) is 0 Å². The van der Waals surface area contributed by atoms with Crippen molar-refractivity contribution in [2.45, 2.75) is 20.3 Å². The van der Waals surface area contributed by atoms with Crippen molar-refractivity contribution in [2.24, 2.45) is 0 Å². The number of aryl methyl sites for hydroxylation is 1. The molecule has 0 saturated carbocycles. The van der Waals surface area contributed by atoms with Crippen LogP contribution in [0.3, 0.4) is 0 Å². The monoisotopic (exact) mass is 251 g/mol. The van der Waals surface area contributed by atoms with Gasteiger partial charge in [0.25, 0.3) is 5.91 Å². The van der Waals surface area contributed by atoms with Crippen LogP contribution in [0.25, 0.3) is 0 Å². The Hall–Kier alpha value is -1.85. The fourth-order valence-corrected chi connectivity index (χ4v) is 2.06. The minimum absolute atomic E-state index is 0.0554. The molecule has 2 heterocycles. The molecule has 6 heteroatoms. The molecule has 0 spiro atoms. The third kappa shape index (κ3) is 2.69. The molecule has 0 radical (unpaired) electrons. The first-order valence-electron chi connectivity index (χ1n) is 6.06. The molecule has 1 aromatic heterocycles. The Bertz CT molecular complexity index is 455. The van der Waals surface area contributed by atoms with Crippen molar-refractivity contribution < 1.29 is 14.1 Å². The molecular formula is C12H17N3O3. The van der Waals surface area contributed by atoms with Gasteiger partial charge in [0.2, 0.25) is 11.7 Å². The highest BCUT2D eigenvalue weighted by atomic mass is 16.5. The van der Waals surface area contributed by atoms with Crippen LogP contribution in [0.4, 0.5) is 0 Å². The number of aromatic nitrogens is 1. The lowest BCUT2D eigenvalue weighted by Gasteiger charge is -2.20. The average Bonchev–Trinajstić information content (AvgIpc) is 2.63. The van der Waals surface area contributed by atoms with E-state index in [0.717, 1.165) is 6.42 Å². The van der Waals surface area contributed by atoms with E-state index >= 15 is 0 Å². The normalized spacial score (nSPS) is 16.6. The molecule has 0 atom stereocenters. The number of carbonyl (C=O) groups excluding carboxylic acids is 2. The second kappa shape index (κ2) is 5.20. The van der Waals surface area contributed by atoms with Crippen LogP contribution >= 0.6 is 0 Å². The Kier molecular flexibility index (Phi) is 3.64. The van der Waals surface area contributed by atoms with Crippen molar-refractivity contribution in [3.63, 3.8) is 0 Å². The van der Waals surface area contributed by atoms with Crippen LogP contribution in [0.15, 0.2) is 10.6 Å². The quantitative estimate of drug-likeness (QED) is 0.736. The summed E-state index contributed by atoms with van der Waals surface area (Å²) in [5.41, 5.74) is 0.693. The van der Waals surface area contributed by atoms with E-state index in [-0.39, 0.29) is 17.6 Å². The lowest BCUT2D eigenvalue weighted by molar-refractivity contribution is -0.128. The van der Waals surface area contributed by atoms with Gasteiger partial charge in [-0.3, -0.25) is 9.59 Å².